The Hall–Kier alpha value is -2.13. The molecule has 1 amide bonds. The van der Waals surface area contributed by atoms with Crippen molar-refractivity contribution in [2.24, 2.45) is 0 Å². The zero-order valence-corrected chi connectivity index (χ0v) is 12.5. The number of fused-ring (bicyclic) bond motifs is 1. The smallest absolute Gasteiger partial charge is 0.257 e. The summed E-state index contributed by atoms with van der Waals surface area (Å²) in [5, 5.41) is 11.5. The van der Waals surface area contributed by atoms with Crippen LogP contribution < -0.4 is 0 Å². The Balaban J connectivity index is 2.31. The van der Waals surface area contributed by atoms with Gasteiger partial charge in [0, 0.05) is 22.2 Å². The van der Waals surface area contributed by atoms with Crippen LogP contribution in [-0.4, -0.2) is 21.5 Å². The van der Waals surface area contributed by atoms with Crippen LogP contribution in [0.5, 0.6) is 0 Å². The van der Waals surface area contributed by atoms with E-state index in [9.17, 15) is 9.90 Å². The fourth-order valence-corrected chi connectivity index (χ4v) is 3.11. The molecule has 0 radical (unpaired) electrons. The second kappa shape index (κ2) is 4.43. The highest BCUT2D eigenvalue weighted by Crippen LogP contribution is 2.45. The second-order valence-electron chi connectivity index (χ2n) is 6.40. The molecule has 0 bridgehead atoms. The van der Waals surface area contributed by atoms with Crippen molar-refractivity contribution >= 4 is 5.91 Å². The maximum atomic E-state index is 12.8. The molecule has 0 saturated heterocycles. The lowest BCUT2D eigenvalue weighted by Gasteiger charge is -2.43. The van der Waals surface area contributed by atoms with Gasteiger partial charge in [-0.25, -0.2) is 0 Å². The van der Waals surface area contributed by atoms with Gasteiger partial charge in [0.1, 0.15) is 0 Å². The lowest BCUT2D eigenvalue weighted by molar-refractivity contribution is -0.0876. The van der Waals surface area contributed by atoms with Crippen molar-refractivity contribution < 1.29 is 9.90 Å². The molecule has 0 spiro atoms. The number of benzene rings is 2. The van der Waals surface area contributed by atoms with E-state index in [0.717, 1.165) is 0 Å². The van der Waals surface area contributed by atoms with Crippen molar-refractivity contribution in [3.63, 3.8) is 0 Å². The number of hydrogen-bond donors (Lipinski definition) is 1. The number of amides is 1. The van der Waals surface area contributed by atoms with E-state index in [1.54, 1.807) is 11.0 Å². The van der Waals surface area contributed by atoms with E-state index in [1.165, 1.54) is 0 Å². The van der Waals surface area contributed by atoms with Crippen LogP contribution in [0.4, 0.5) is 0 Å². The van der Waals surface area contributed by atoms with Crippen molar-refractivity contribution in [2.75, 3.05) is 0 Å². The summed E-state index contributed by atoms with van der Waals surface area (Å²) < 4.78 is 0. The monoisotopic (exact) mass is 281 g/mol. The maximum Gasteiger partial charge on any atom is 0.257 e. The van der Waals surface area contributed by atoms with Gasteiger partial charge in [-0.05, 0) is 26.8 Å². The zero-order valence-electron chi connectivity index (χ0n) is 12.5. The second-order valence-corrected chi connectivity index (χ2v) is 6.40. The Morgan fingerprint density at radius 2 is 1.52 bits per heavy atom. The summed E-state index contributed by atoms with van der Waals surface area (Å²) in [7, 11) is 0. The van der Waals surface area contributed by atoms with Crippen molar-refractivity contribution in [1.29, 1.82) is 0 Å². The van der Waals surface area contributed by atoms with Crippen LogP contribution in [-0.2, 0) is 5.72 Å². The average Bonchev–Trinajstić information content (AvgIpc) is 2.70. The molecule has 0 fully saturated rings. The van der Waals surface area contributed by atoms with Gasteiger partial charge in [-0.3, -0.25) is 9.69 Å². The van der Waals surface area contributed by atoms with E-state index in [4.69, 9.17) is 0 Å². The molecule has 1 N–H and O–H groups in total. The molecule has 1 unspecified atom stereocenters. The predicted molar refractivity (Wildman–Crippen MR) is 81.8 cm³/mol. The highest BCUT2D eigenvalue weighted by atomic mass is 16.3. The summed E-state index contributed by atoms with van der Waals surface area (Å²) in [5.41, 5.74) is 0.00146. The molecule has 1 aliphatic heterocycles. The number of carbonyl (C=O) groups excluding carboxylic acids is 1. The van der Waals surface area contributed by atoms with Gasteiger partial charge in [0.2, 0.25) is 0 Å². The first-order valence-corrected chi connectivity index (χ1v) is 7.09. The largest absolute Gasteiger partial charge is 0.363 e. The first kappa shape index (κ1) is 13.8. The molecule has 3 rings (SSSR count). The normalized spacial score (nSPS) is 21.5. The first-order chi connectivity index (χ1) is 9.87. The third kappa shape index (κ3) is 1.88. The van der Waals surface area contributed by atoms with Gasteiger partial charge in [-0.15, -0.1) is 0 Å². The minimum atomic E-state index is -1.42. The molecule has 3 heteroatoms. The Kier molecular flexibility index (Phi) is 2.92. The van der Waals surface area contributed by atoms with Gasteiger partial charge in [-0.2, -0.15) is 0 Å². The number of rotatable bonds is 1. The fraction of sp³-hybridized carbons (Fsp3) is 0.278. The number of nitrogens with zero attached hydrogens (tertiary/aromatic N) is 1. The fourth-order valence-electron chi connectivity index (χ4n) is 3.11. The van der Waals surface area contributed by atoms with Crippen molar-refractivity contribution in [3.8, 4) is 0 Å². The van der Waals surface area contributed by atoms with Crippen molar-refractivity contribution in [3.05, 3.63) is 71.3 Å². The van der Waals surface area contributed by atoms with Crippen LogP contribution in [0.2, 0.25) is 0 Å². The van der Waals surface area contributed by atoms with Crippen LogP contribution in [0.15, 0.2) is 54.6 Å². The molecule has 1 aliphatic rings. The third-order valence-electron chi connectivity index (χ3n) is 3.91. The van der Waals surface area contributed by atoms with Gasteiger partial charge in [0.05, 0.1) is 0 Å². The highest BCUT2D eigenvalue weighted by Gasteiger charge is 2.53. The SMILES string of the molecule is CC(C)(C)N1C(=O)c2ccccc2C1(O)c1ccccc1. The number of hydrogen-bond acceptors (Lipinski definition) is 2. The Bertz CT molecular complexity index is 688. The Morgan fingerprint density at radius 1 is 0.952 bits per heavy atom. The summed E-state index contributed by atoms with van der Waals surface area (Å²) in [6.45, 7) is 5.81. The van der Waals surface area contributed by atoms with Gasteiger partial charge >= 0.3 is 0 Å². The van der Waals surface area contributed by atoms with Crippen molar-refractivity contribution in [2.45, 2.75) is 32.0 Å². The highest BCUT2D eigenvalue weighted by molar-refractivity contribution is 6.00. The topological polar surface area (TPSA) is 40.5 Å². The van der Waals surface area contributed by atoms with E-state index >= 15 is 0 Å². The summed E-state index contributed by atoms with van der Waals surface area (Å²) in [4.78, 5) is 14.4. The Morgan fingerprint density at radius 3 is 2.14 bits per heavy atom. The molecule has 1 heterocycles. The first-order valence-electron chi connectivity index (χ1n) is 7.09. The molecule has 2 aromatic carbocycles. The molecule has 0 aliphatic carbocycles. The number of aliphatic hydroxyl groups is 1. The summed E-state index contributed by atoms with van der Waals surface area (Å²) in [5.74, 6) is -0.135. The minimum Gasteiger partial charge on any atom is -0.363 e. The summed E-state index contributed by atoms with van der Waals surface area (Å²) in [6.07, 6.45) is 0. The molecule has 0 aromatic heterocycles. The average molecular weight is 281 g/mol. The quantitative estimate of drug-likeness (QED) is 0.872. The van der Waals surface area contributed by atoms with Gasteiger partial charge in [-0.1, -0.05) is 48.5 Å². The minimum absolute atomic E-state index is 0.135. The van der Waals surface area contributed by atoms with Gasteiger partial charge in [0.15, 0.2) is 5.72 Å². The Labute approximate surface area is 124 Å². The van der Waals surface area contributed by atoms with Crippen molar-refractivity contribution in [1.82, 2.24) is 4.90 Å². The lowest BCUT2D eigenvalue weighted by Crippen LogP contribution is -2.54. The van der Waals surface area contributed by atoms with Crippen LogP contribution in [0, 0.1) is 0 Å². The van der Waals surface area contributed by atoms with Crippen LogP contribution in [0.3, 0.4) is 0 Å². The summed E-state index contributed by atoms with van der Waals surface area (Å²) in [6, 6.07) is 16.6. The van der Waals surface area contributed by atoms with E-state index in [-0.39, 0.29) is 5.91 Å². The van der Waals surface area contributed by atoms with E-state index in [2.05, 4.69) is 0 Å². The van der Waals surface area contributed by atoms with E-state index in [1.807, 2.05) is 69.3 Å². The zero-order chi connectivity index (χ0) is 15.3. The maximum absolute atomic E-state index is 12.8. The van der Waals surface area contributed by atoms with Gasteiger partial charge < -0.3 is 5.11 Å². The van der Waals surface area contributed by atoms with Crippen LogP contribution >= 0.6 is 0 Å². The molecule has 108 valence electrons. The van der Waals surface area contributed by atoms with Gasteiger partial charge in [0.25, 0.3) is 5.91 Å². The van der Waals surface area contributed by atoms with Crippen LogP contribution in [0.25, 0.3) is 0 Å². The molecule has 1 atom stereocenters. The molecule has 2 aromatic rings. The standard InChI is InChI=1S/C18H19NO2/c1-17(2,3)19-16(20)14-11-7-8-12-15(14)18(19,21)13-9-5-4-6-10-13/h4-12,21H,1-3H3. The van der Waals surface area contributed by atoms with E-state index < -0.39 is 11.3 Å². The molecular formula is C18H19NO2. The molecule has 3 nitrogen and oxygen atoms in total. The molecule has 21 heavy (non-hydrogen) atoms. The van der Waals surface area contributed by atoms with Crippen LogP contribution in [0.1, 0.15) is 42.3 Å². The molecule has 0 saturated carbocycles. The third-order valence-corrected chi connectivity index (χ3v) is 3.91. The summed E-state index contributed by atoms with van der Waals surface area (Å²) >= 11 is 0. The number of carbonyl (C=O) groups is 1. The predicted octanol–water partition coefficient (Wildman–Crippen LogP) is 3.13. The molecular weight excluding hydrogens is 262 g/mol. The van der Waals surface area contributed by atoms with E-state index in [0.29, 0.717) is 16.7 Å². The lowest BCUT2D eigenvalue weighted by atomic mass is 9.91.